The van der Waals surface area contributed by atoms with Gasteiger partial charge in [0.05, 0.1) is 17.7 Å². The van der Waals surface area contributed by atoms with Gasteiger partial charge in [0.15, 0.2) is 0 Å². The molecule has 1 aliphatic heterocycles. The highest BCUT2D eigenvalue weighted by Gasteiger charge is 2.36. The molecule has 1 aliphatic rings. The summed E-state index contributed by atoms with van der Waals surface area (Å²) in [6, 6.07) is 20.1. The van der Waals surface area contributed by atoms with E-state index in [1.165, 1.54) is 29.2 Å². The molecule has 0 spiro atoms. The first-order valence-corrected chi connectivity index (χ1v) is 10.2. The van der Waals surface area contributed by atoms with E-state index in [2.05, 4.69) is 4.98 Å². The lowest BCUT2D eigenvalue weighted by molar-refractivity contribution is 0.0642. The lowest BCUT2D eigenvalue weighted by Gasteiger charge is -2.25. The second-order valence-corrected chi connectivity index (χ2v) is 7.58. The van der Waals surface area contributed by atoms with Gasteiger partial charge in [0.25, 0.3) is 11.8 Å². The zero-order valence-corrected chi connectivity index (χ0v) is 17.3. The molecule has 4 aromatic rings. The molecule has 5 nitrogen and oxygen atoms in total. The highest BCUT2D eigenvalue weighted by molar-refractivity contribution is 6.21. The molecule has 0 saturated heterocycles. The number of fused-ring (bicyclic) bond motifs is 1. The minimum atomic E-state index is -0.404. The minimum Gasteiger partial charge on any atom is -0.310 e. The maximum absolute atomic E-state index is 13.5. The van der Waals surface area contributed by atoms with Crippen molar-refractivity contribution in [2.45, 2.75) is 6.54 Å². The van der Waals surface area contributed by atoms with Crippen molar-refractivity contribution in [3.8, 4) is 0 Å². The average molecular weight is 441 g/mol. The Hall–Kier alpha value is -4.39. The number of benzene rings is 3. The van der Waals surface area contributed by atoms with Crippen LogP contribution in [0.15, 0.2) is 91.3 Å². The third-order valence-corrected chi connectivity index (χ3v) is 5.45. The van der Waals surface area contributed by atoms with Gasteiger partial charge in [-0.05, 0) is 78.4 Å². The molecule has 2 amide bonds. The summed E-state index contributed by atoms with van der Waals surface area (Å²) in [5.41, 5.74) is 3.14. The van der Waals surface area contributed by atoms with E-state index in [0.29, 0.717) is 22.6 Å². The number of imide groups is 1. The maximum Gasteiger partial charge on any atom is 0.261 e. The smallest absolute Gasteiger partial charge is 0.261 e. The van der Waals surface area contributed by atoms with E-state index in [1.807, 2.05) is 0 Å². The number of anilines is 3. The first kappa shape index (κ1) is 20.5. The minimum absolute atomic E-state index is 0.120. The lowest BCUT2D eigenvalue weighted by Crippen LogP contribution is -2.29. The van der Waals surface area contributed by atoms with Crippen molar-refractivity contribution < 1.29 is 18.4 Å². The van der Waals surface area contributed by atoms with Crippen LogP contribution < -0.4 is 4.90 Å². The van der Waals surface area contributed by atoms with Crippen LogP contribution in [0, 0.1) is 11.6 Å². The summed E-state index contributed by atoms with van der Waals surface area (Å²) < 4.78 is 27.1. The van der Waals surface area contributed by atoms with Gasteiger partial charge in [-0.3, -0.25) is 19.5 Å². The molecular weight excluding hydrogens is 424 g/mol. The van der Waals surface area contributed by atoms with Crippen LogP contribution in [0.1, 0.15) is 26.3 Å². The Labute approximate surface area is 188 Å². The molecule has 1 aromatic heterocycles. The molecule has 33 heavy (non-hydrogen) atoms. The molecule has 7 heteroatoms. The topological polar surface area (TPSA) is 53.5 Å². The third kappa shape index (κ3) is 3.85. The van der Waals surface area contributed by atoms with Gasteiger partial charge in [0.2, 0.25) is 0 Å². The lowest BCUT2D eigenvalue weighted by atomic mass is 10.1. The number of hydrogen-bond acceptors (Lipinski definition) is 4. The molecule has 0 atom stereocenters. The second kappa shape index (κ2) is 8.27. The Morgan fingerprint density at radius 3 is 1.88 bits per heavy atom. The molecule has 0 aliphatic carbocycles. The third-order valence-electron chi connectivity index (χ3n) is 5.45. The number of carbonyl (C=O) groups is 2. The maximum atomic E-state index is 13.5. The normalized spacial score (nSPS) is 12.7. The molecule has 0 N–H and O–H groups in total. The molecule has 5 rings (SSSR count). The van der Waals surface area contributed by atoms with Crippen LogP contribution in [-0.4, -0.2) is 21.7 Å². The number of hydrogen-bond donors (Lipinski definition) is 0. The van der Waals surface area contributed by atoms with Gasteiger partial charge in [-0.2, -0.15) is 0 Å². The molecule has 3 aromatic carbocycles. The van der Waals surface area contributed by atoms with Crippen LogP contribution in [0.4, 0.5) is 25.8 Å². The summed E-state index contributed by atoms with van der Waals surface area (Å²) in [5.74, 6) is -1.56. The van der Waals surface area contributed by atoms with Crippen molar-refractivity contribution in [3.63, 3.8) is 0 Å². The Morgan fingerprint density at radius 1 is 0.727 bits per heavy atom. The van der Waals surface area contributed by atoms with Crippen molar-refractivity contribution in [1.82, 2.24) is 9.88 Å². The fraction of sp³-hybridized carbons (Fsp3) is 0.0385. The Balaban J connectivity index is 1.55. The molecule has 0 fully saturated rings. The van der Waals surface area contributed by atoms with Gasteiger partial charge in [0.1, 0.15) is 11.6 Å². The number of nitrogens with zero attached hydrogens (tertiary/aromatic N) is 3. The summed E-state index contributed by atoms with van der Waals surface area (Å²) >= 11 is 0. The second-order valence-electron chi connectivity index (χ2n) is 7.58. The monoisotopic (exact) mass is 441 g/mol. The number of aromatic nitrogens is 1. The van der Waals surface area contributed by atoms with Gasteiger partial charge < -0.3 is 4.90 Å². The number of rotatable bonds is 5. The van der Waals surface area contributed by atoms with Crippen molar-refractivity contribution in [2.75, 3.05) is 4.90 Å². The highest BCUT2D eigenvalue weighted by atomic mass is 19.1. The van der Waals surface area contributed by atoms with Crippen LogP contribution >= 0.6 is 0 Å². The first-order valence-electron chi connectivity index (χ1n) is 10.2. The van der Waals surface area contributed by atoms with Crippen LogP contribution in [0.2, 0.25) is 0 Å². The van der Waals surface area contributed by atoms with Gasteiger partial charge in [-0.15, -0.1) is 0 Å². The fourth-order valence-electron chi connectivity index (χ4n) is 3.86. The van der Waals surface area contributed by atoms with E-state index < -0.39 is 17.5 Å². The first-order chi connectivity index (χ1) is 16.0. The van der Waals surface area contributed by atoms with E-state index in [9.17, 15) is 18.4 Å². The Morgan fingerprint density at radius 2 is 1.30 bits per heavy atom. The molecule has 0 radical (unpaired) electrons. The molecule has 0 unspecified atom stereocenters. The van der Waals surface area contributed by atoms with E-state index in [4.69, 9.17) is 0 Å². The van der Waals surface area contributed by atoms with E-state index in [-0.39, 0.29) is 18.0 Å². The summed E-state index contributed by atoms with van der Waals surface area (Å²) in [5, 5.41) is 0. The largest absolute Gasteiger partial charge is 0.310 e. The van der Waals surface area contributed by atoms with Gasteiger partial charge in [-0.25, -0.2) is 8.78 Å². The Kier molecular flexibility index (Phi) is 5.14. The van der Waals surface area contributed by atoms with Crippen molar-refractivity contribution in [3.05, 3.63) is 120 Å². The predicted octanol–water partition coefficient (Wildman–Crippen LogP) is 5.63. The van der Waals surface area contributed by atoms with Crippen molar-refractivity contribution in [1.29, 1.82) is 0 Å². The standard InChI is InChI=1S/C26H17F2N3O2/c27-18-3-7-20(8-4-18)31(21-9-5-19(28)6-10-21)22-11-12-23-24(14-22)26(33)30(25(23)32)16-17-2-1-13-29-15-17/h1-15H,16H2. The number of halogens is 2. The molecule has 0 saturated carbocycles. The summed E-state index contributed by atoms with van der Waals surface area (Å²) in [6.07, 6.45) is 3.23. The summed E-state index contributed by atoms with van der Waals surface area (Å²) in [6.45, 7) is 0.120. The van der Waals surface area contributed by atoms with E-state index in [0.717, 1.165) is 5.56 Å². The van der Waals surface area contributed by atoms with Crippen LogP contribution in [0.3, 0.4) is 0 Å². The molecule has 0 bridgehead atoms. The van der Waals surface area contributed by atoms with Gasteiger partial charge in [0, 0.05) is 29.5 Å². The Bertz CT molecular complexity index is 1300. The number of amides is 2. The molecule has 162 valence electrons. The summed E-state index contributed by atoms with van der Waals surface area (Å²) in [4.78, 5) is 33.0. The predicted molar refractivity (Wildman–Crippen MR) is 119 cm³/mol. The molecule has 2 heterocycles. The number of carbonyl (C=O) groups excluding carboxylic acids is 2. The zero-order valence-electron chi connectivity index (χ0n) is 17.3. The van der Waals surface area contributed by atoms with E-state index >= 15 is 0 Å². The molecular formula is C26H17F2N3O2. The van der Waals surface area contributed by atoms with Gasteiger partial charge >= 0.3 is 0 Å². The summed E-state index contributed by atoms with van der Waals surface area (Å²) in [7, 11) is 0. The average Bonchev–Trinajstić information content (AvgIpc) is 3.07. The van der Waals surface area contributed by atoms with Crippen LogP contribution in [-0.2, 0) is 6.54 Å². The quantitative estimate of drug-likeness (QED) is 0.377. The van der Waals surface area contributed by atoms with Crippen LogP contribution in [0.25, 0.3) is 0 Å². The van der Waals surface area contributed by atoms with Crippen LogP contribution in [0.5, 0.6) is 0 Å². The SMILES string of the molecule is O=C1c2ccc(N(c3ccc(F)cc3)c3ccc(F)cc3)cc2C(=O)N1Cc1cccnc1. The van der Waals surface area contributed by atoms with Crippen molar-refractivity contribution >= 4 is 28.9 Å². The van der Waals surface area contributed by atoms with E-state index in [1.54, 1.807) is 71.9 Å². The van der Waals surface area contributed by atoms with Crippen molar-refractivity contribution in [2.24, 2.45) is 0 Å². The fourth-order valence-corrected chi connectivity index (χ4v) is 3.86. The highest BCUT2D eigenvalue weighted by Crippen LogP contribution is 2.37. The van der Waals surface area contributed by atoms with Gasteiger partial charge in [-0.1, -0.05) is 6.07 Å². The number of pyridine rings is 1. The zero-order chi connectivity index (χ0) is 22.9.